The van der Waals surface area contributed by atoms with Crippen molar-refractivity contribution in [2.45, 2.75) is 62.2 Å². The second-order valence-corrected chi connectivity index (χ2v) is 5.90. The smallest absolute Gasteiger partial charge is 0.184 e. The molecule has 2 aliphatic heterocycles. The van der Waals surface area contributed by atoms with Crippen LogP contribution in [0, 0.1) is 5.92 Å². The van der Waals surface area contributed by atoms with Crippen LogP contribution in [-0.2, 0) is 14.2 Å². The molecule has 2 saturated heterocycles. The summed E-state index contributed by atoms with van der Waals surface area (Å²) in [4.78, 5) is 0. The second-order valence-electron chi connectivity index (χ2n) is 5.90. The Kier molecular flexibility index (Phi) is 6.30. The highest BCUT2D eigenvalue weighted by molar-refractivity contribution is 4.92. The standard InChI is InChI=1S/C13H24O10/c1-4-7(16)5(2-14)22-13(8(4)17)23-11-6(3-15)21-12(20)10(19)9(11)18/h4-20H,2-3H2,1H3/t4-,5?,6?,7+,8?,9+,10?,11+,12?,13-/m0/s1. The molecule has 0 aromatic rings. The lowest BCUT2D eigenvalue weighted by Gasteiger charge is -2.45. The predicted octanol–water partition coefficient (Wildman–Crippen LogP) is -4.12. The number of aliphatic hydroxyl groups is 7. The molecule has 23 heavy (non-hydrogen) atoms. The minimum absolute atomic E-state index is 0.507. The highest BCUT2D eigenvalue weighted by Crippen LogP contribution is 2.30. The number of hydrogen-bond donors (Lipinski definition) is 7. The number of hydrogen-bond acceptors (Lipinski definition) is 10. The van der Waals surface area contributed by atoms with Gasteiger partial charge in [-0.25, -0.2) is 0 Å². The number of ether oxygens (including phenoxy) is 3. The van der Waals surface area contributed by atoms with E-state index in [9.17, 15) is 35.7 Å². The summed E-state index contributed by atoms with van der Waals surface area (Å²) >= 11 is 0. The molecule has 0 spiro atoms. The lowest BCUT2D eigenvalue weighted by Crippen LogP contribution is -2.63. The first-order valence-electron chi connectivity index (χ1n) is 7.40. The van der Waals surface area contributed by atoms with Crippen molar-refractivity contribution in [3.05, 3.63) is 0 Å². The van der Waals surface area contributed by atoms with E-state index in [4.69, 9.17) is 14.2 Å². The molecule has 2 heterocycles. The predicted molar refractivity (Wildman–Crippen MR) is 71.8 cm³/mol. The highest BCUT2D eigenvalue weighted by Gasteiger charge is 2.49. The summed E-state index contributed by atoms with van der Waals surface area (Å²) < 4.78 is 15.6. The van der Waals surface area contributed by atoms with Gasteiger partial charge >= 0.3 is 0 Å². The van der Waals surface area contributed by atoms with Gasteiger partial charge in [-0.3, -0.25) is 0 Å². The average molecular weight is 340 g/mol. The highest BCUT2D eigenvalue weighted by atomic mass is 16.7. The van der Waals surface area contributed by atoms with E-state index in [1.807, 2.05) is 0 Å². The van der Waals surface area contributed by atoms with Crippen LogP contribution in [0.4, 0.5) is 0 Å². The summed E-state index contributed by atoms with van der Waals surface area (Å²) in [6, 6.07) is 0. The molecular weight excluding hydrogens is 316 g/mol. The zero-order valence-electron chi connectivity index (χ0n) is 12.5. The maximum Gasteiger partial charge on any atom is 0.184 e. The van der Waals surface area contributed by atoms with Gasteiger partial charge in [-0.05, 0) is 0 Å². The second kappa shape index (κ2) is 7.66. The third-order valence-corrected chi connectivity index (χ3v) is 4.36. The summed E-state index contributed by atoms with van der Waals surface area (Å²) in [6.45, 7) is 0.412. The number of rotatable bonds is 4. The molecule has 0 aromatic carbocycles. The van der Waals surface area contributed by atoms with E-state index in [0.717, 1.165) is 0 Å². The van der Waals surface area contributed by atoms with Crippen LogP contribution in [0.2, 0.25) is 0 Å². The van der Waals surface area contributed by atoms with Crippen LogP contribution in [-0.4, -0.2) is 104 Å². The van der Waals surface area contributed by atoms with E-state index < -0.39 is 74.4 Å². The van der Waals surface area contributed by atoms with Gasteiger partial charge in [-0.1, -0.05) is 6.92 Å². The van der Waals surface area contributed by atoms with Crippen LogP contribution >= 0.6 is 0 Å². The van der Waals surface area contributed by atoms with Crippen molar-refractivity contribution in [3.8, 4) is 0 Å². The fraction of sp³-hybridized carbons (Fsp3) is 1.00. The summed E-state index contributed by atoms with van der Waals surface area (Å²) in [7, 11) is 0. The Morgan fingerprint density at radius 3 is 1.96 bits per heavy atom. The van der Waals surface area contributed by atoms with Gasteiger partial charge in [0.25, 0.3) is 0 Å². The molecule has 0 aromatic heterocycles. The van der Waals surface area contributed by atoms with Crippen molar-refractivity contribution in [1.29, 1.82) is 0 Å². The molecule has 7 N–H and O–H groups in total. The summed E-state index contributed by atoms with van der Waals surface area (Å²) in [5.74, 6) is -0.685. The Morgan fingerprint density at radius 1 is 0.783 bits per heavy atom. The van der Waals surface area contributed by atoms with Gasteiger partial charge in [0, 0.05) is 5.92 Å². The van der Waals surface area contributed by atoms with Gasteiger partial charge in [0.15, 0.2) is 12.6 Å². The molecule has 2 aliphatic rings. The van der Waals surface area contributed by atoms with Gasteiger partial charge in [-0.2, -0.15) is 0 Å². The Hall–Kier alpha value is -0.400. The molecule has 2 rings (SSSR count). The molecule has 10 heteroatoms. The lowest BCUT2D eigenvalue weighted by atomic mass is 9.90. The first-order valence-corrected chi connectivity index (χ1v) is 7.40. The largest absolute Gasteiger partial charge is 0.394 e. The average Bonchev–Trinajstić information content (AvgIpc) is 2.55. The van der Waals surface area contributed by atoms with E-state index >= 15 is 0 Å². The minimum Gasteiger partial charge on any atom is -0.394 e. The molecule has 2 fully saturated rings. The zero-order chi connectivity index (χ0) is 17.3. The summed E-state index contributed by atoms with van der Waals surface area (Å²) in [5, 5.41) is 67.6. The van der Waals surface area contributed by atoms with Crippen LogP contribution < -0.4 is 0 Å². The lowest BCUT2D eigenvalue weighted by molar-refractivity contribution is -0.350. The molecule has 136 valence electrons. The van der Waals surface area contributed by atoms with E-state index in [0.29, 0.717) is 0 Å². The van der Waals surface area contributed by atoms with E-state index in [1.165, 1.54) is 6.92 Å². The van der Waals surface area contributed by atoms with Crippen LogP contribution in [0.3, 0.4) is 0 Å². The van der Waals surface area contributed by atoms with Gasteiger partial charge in [0.2, 0.25) is 0 Å². The minimum atomic E-state index is -1.69. The Morgan fingerprint density at radius 2 is 1.39 bits per heavy atom. The van der Waals surface area contributed by atoms with Gasteiger partial charge < -0.3 is 50.0 Å². The fourth-order valence-corrected chi connectivity index (χ4v) is 2.78. The Bertz CT molecular complexity index is 378. The van der Waals surface area contributed by atoms with Crippen molar-refractivity contribution in [2.24, 2.45) is 5.92 Å². The molecular formula is C13H24O10. The molecule has 10 atom stereocenters. The fourth-order valence-electron chi connectivity index (χ4n) is 2.78. The van der Waals surface area contributed by atoms with E-state index in [2.05, 4.69) is 0 Å². The van der Waals surface area contributed by atoms with Crippen molar-refractivity contribution in [2.75, 3.05) is 13.2 Å². The molecule has 0 amide bonds. The van der Waals surface area contributed by atoms with Crippen molar-refractivity contribution in [3.63, 3.8) is 0 Å². The van der Waals surface area contributed by atoms with Crippen LogP contribution in [0.1, 0.15) is 6.92 Å². The molecule has 0 aliphatic carbocycles. The third-order valence-electron chi connectivity index (χ3n) is 4.36. The number of aliphatic hydroxyl groups excluding tert-OH is 7. The normalized spacial score (nSPS) is 51.7. The van der Waals surface area contributed by atoms with Crippen molar-refractivity contribution in [1.82, 2.24) is 0 Å². The van der Waals surface area contributed by atoms with E-state index in [-0.39, 0.29) is 0 Å². The Balaban J connectivity index is 2.11. The van der Waals surface area contributed by atoms with Crippen molar-refractivity contribution < 1.29 is 50.0 Å². The van der Waals surface area contributed by atoms with Gasteiger partial charge in [0.1, 0.15) is 36.6 Å². The maximum atomic E-state index is 10.1. The molecule has 0 saturated carbocycles. The summed E-state index contributed by atoms with van der Waals surface area (Å²) in [5.41, 5.74) is 0. The first kappa shape index (κ1) is 18.9. The van der Waals surface area contributed by atoms with Gasteiger partial charge in [0.05, 0.1) is 19.3 Å². The van der Waals surface area contributed by atoms with Crippen LogP contribution in [0.5, 0.6) is 0 Å². The monoisotopic (exact) mass is 340 g/mol. The van der Waals surface area contributed by atoms with E-state index in [1.54, 1.807) is 0 Å². The summed E-state index contributed by atoms with van der Waals surface area (Å²) in [6.07, 6.45) is -12.1. The molecule has 0 radical (unpaired) electrons. The SMILES string of the molecule is C[C@@H]1C(O)[C@H](O[C@@H]2C(CO)OC(O)C(O)[C@H]2O)OC(CO)[C@@H]1O. The third kappa shape index (κ3) is 3.66. The molecule has 10 nitrogen and oxygen atoms in total. The first-order chi connectivity index (χ1) is 10.8. The molecule has 5 unspecified atom stereocenters. The van der Waals surface area contributed by atoms with Crippen molar-refractivity contribution >= 4 is 0 Å². The van der Waals surface area contributed by atoms with Crippen LogP contribution in [0.15, 0.2) is 0 Å². The van der Waals surface area contributed by atoms with Gasteiger partial charge in [-0.15, -0.1) is 0 Å². The topological polar surface area (TPSA) is 169 Å². The maximum absolute atomic E-state index is 10.1. The zero-order valence-corrected chi connectivity index (χ0v) is 12.5. The van der Waals surface area contributed by atoms with Crippen LogP contribution in [0.25, 0.3) is 0 Å². The quantitative estimate of drug-likeness (QED) is 0.267. The molecule has 0 bridgehead atoms. The Labute approximate surface area is 132 Å².